The van der Waals surface area contributed by atoms with Crippen molar-refractivity contribution in [3.8, 4) is 0 Å². The van der Waals surface area contributed by atoms with E-state index in [2.05, 4.69) is 15.2 Å². The number of nitrogens with two attached hydrogens (primary N) is 1. The molecule has 0 atom stereocenters. The minimum Gasteiger partial charge on any atom is -0.370 e. The van der Waals surface area contributed by atoms with E-state index in [0.29, 0.717) is 17.0 Å². The number of nitrogens with one attached hydrogen (secondary N) is 2. The van der Waals surface area contributed by atoms with Gasteiger partial charge in [-0.05, 0) is 12.2 Å². The minimum absolute atomic E-state index is 0.288. The third-order valence-electron chi connectivity index (χ3n) is 1.16. The van der Waals surface area contributed by atoms with Gasteiger partial charge in [-0.1, -0.05) is 0 Å². The molecule has 1 amide bonds. The standard InChI is InChI=1S/C5H8N4OS/c6-3(10)1-2-4-7-5(11)9-8-4/h1-2H2,(H2,6,10)(H2,7,8,9,11). The second-order valence-corrected chi connectivity index (χ2v) is 2.47. The Labute approximate surface area is 68.0 Å². The fourth-order valence-corrected chi connectivity index (χ4v) is 0.825. The van der Waals surface area contributed by atoms with E-state index in [1.54, 1.807) is 0 Å². The molecule has 0 aliphatic heterocycles. The van der Waals surface area contributed by atoms with Crippen LogP contribution in [0.15, 0.2) is 0 Å². The fraction of sp³-hybridized carbons (Fsp3) is 0.400. The van der Waals surface area contributed by atoms with Crippen LogP contribution in [0.25, 0.3) is 0 Å². The average molecular weight is 172 g/mol. The Bertz CT molecular complexity index is 301. The number of primary amides is 1. The summed E-state index contributed by atoms with van der Waals surface area (Å²) < 4.78 is 0.393. The molecule has 1 aromatic heterocycles. The summed E-state index contributed by atoms with van der Waals surface area (Å²) in [5, 5.41) is 5.33. The summed E-state index contributed by atoms with van der Waals surface area (Å²) in [6.45, 7) is 0. The number of aromatic amines is 2. The first kappa shape index (κ1) is 7.93. The lowest BCUT2D eigenvalue weighted by Gasteiger charge is -1.89. The molecule has 1 aromatic rings. The van der Waals surface area contributed by atoms with Crippen LogP contribution >= 0.6 is 12.2 Å². The zero-order valence-electron chi connectivity index (χ0n) is 5.76. The third-order valence-corrected chi connectivity index (χ3v) is 1.35. The van der Waals surface area contributed by atoms with Crippen LogP contribution in [0, 0.1) is 4.77 Å². The van der Waals surface area contributed by atoms with Crippen molar-refractivity contribution in [1.29, 1.82) is 0 Å². The Balaban J connectivity index is 2.51. The van der Waals surface area contributed by atoms with Crippen LogP contribution in [-0.4, -0.2) is 21.1 Å². The normalized spacial score (nSPS) is 9.82. The van der Waals surface area contributed by atoms with Crippen molar-refractivity contribution in [2.75, 3.05) is 0 Å². The predicted molar refractivity (Wildman–Crippen MR) is 41.3 cm³/mol. The lowest BCUT2D eigenvalue weighted by Crippen LogP contribution is -2.11. The second kappa shape index (κ2) is 3.29. The Morgan fingerprint density at radius 3 is 2.82 bits per heavy atom. The molecule has 0 fully saturated rings. The van der Waals surface area contributed by atoms with Crippen LogP contribution in [0.2, 0.25) is 0 Å². The molecule has 6 heteroatoms. The minimum atomic E-state index is -0.340. The van der Waals surface area contributed by atoms with Gasteiger partial charge in [0.2, 0.25) is 10.7 Å². The third kappa shape index (κ3) is 2.50. The number of H-pyrrole nitrogens is 2. The molecule has 0 unspecified atom stereocenters. The van der Waals surface area contributed by atoms with E-state index in [4.69, 9.17) is 18.0 Å². The zero-order chi connectivity index (χ0) is 8.27. The largest absolute Gasteiger partial charge is 0.370 e. The molecule has 60 valence electrons. The molecule has 0 aliphatic rings. The first-order valence-corrected chi connectivity index (χ1v) is 3.51. The summed E-state index contributed by atoms with van der Waals surface area (Å²) in [5.41, 5.74) is 4.93. The smallest absolute Gasteiger partial charge is 0.217 e. The van der Waals surface area contributed by atoms with E-state index in [1.807, 2.05) is 0 Å². The topological polar surface area (TPSA) is 87.6 Å². The molecular weight excluding hydrogens is 164 g/mol. The zero-order valence-corrected chi connectivity index (χ0v) is 6.57. The number of hydrogen-bond donors (Lipinski definition) is 3. The van der Waals surface area contributed by atoms with Crippen molar-refractivity contribution in [2.24, 2.45) is 5.73 Å². The number of hydrogen-bond acceptors (Lipinski definition) is 3. The van der Waals surface area contributed by atoms with Crippen molar-refractivity contribution in [3.63, 3.8) is 0 Å². The molecule has 0 saturated carbocycles. The van der Waals surface area contributed by atoms with Crippen molar-refractivity contribution in [1.82, 2.24) is 15.2 Å². The van der Waals surface area contributed by atoms with Crippen LogP contribution in [0.3, 0.4) is 0 Å². The van der Waals surface area contributed by atoms with E-state index in [-0.39, 0.29) is 12.3 Å². The van der Waals surface area contributed by atoms with E-state index >= 15 is 0 Å². The predicted octanol–water partition coefficient (Wildman–Crippen LogP) is -0.115. The van der Waals surface area contributed by atoms with Gasteiger partial charge < -0.3 is 5.73 Å². The maximum absolute atomic E-state index is 10.3. The summed E-state index contributed by atoms with van der Waals surface area (Å²) in [4.78, 5) is 14.2. The molecule has 0 spiro atoms. The summed E-state index contributed by atoms with van der Waals surface area (Å²) >= 11 is 4.70. The summed E-state index contributed by atoms with van der Waals surface area (Å²) in [6.07, 6.45) is 0.790. The van der Waals surface area contributed by atoms with Gasteiger partial charge in [0.15, 0.2) is 0 Å². The summed E-state index contributed by atoms with van der Waals surface area (Å²) in [5.74, 6) is 0.320. The number of rotatable bonds is 3. The van der Waals surface area contributed by atoms with E-state index < -0.39 is 0 Å². The average Bonchev–Trinajstić information content (AvgIpc) is 2.31. The van der Waals surface area contributed by atoms with E-state index in [9.17, 15) is 4.79 Å². The maximum atomic E-state index is 10.3. The quantitative estimate of drug-likeness (QED) is 0.556. The van der Waals surface area contributed by atoms with Gasteiger partial charge >= 0.3 is 0 Å². The van der Waals surface area contributed by atoms with Crippen LogP contribution in [0.4, 0.5) is 0 Å². The Morgan fingerprint density at radius 1 is 1.64 bits per heavy atom. The number of carbonyl (C=O) groups is 1. The second-order valence-electron chi connectivity index (χ2n) is 2.08. The highest BCUT2D eigenvalue weighted by atomic mass is 32.1. The summed E-state index contributed by atoms with van der Waals surface area (Å²) in [7, 11) is 0. The van der Waals surface area contributed by atoms with Gasteiger partial charge in [-0.15, -0.1) is 0 Å². The molecule has 0 aliphatic carbocycles. The van der Waals surface area contributed by atoms with Crippen molar-refractivity contribution in [2.45, 2.75) is 12.8 Å². The van der Waals surface area contributed by atoms with Gasteiger partial charge in [-0.3, -0.25) is 15.0 Å². The molecule has 0 bridgehead atoms. The highest BCUT2D eigenvalue weighted by Gasteiger charge is 1.98. The van der Waals surface area contributed by atoms with Crippen LogP contribution in [0.5, 0.6) is 0 Å². The molecule has 5 nitrogen and oxygen atoms in total. The Kier molecular flexibility index (Phi) is 2.37. The number of amides is 1. The highest BCUT2D eigenvalue weighted by Crippen LogP contribution is 1.92. The van der Waals surface area contributed by atoms with Gasteiger partial charge in [0.25, 0.3) is 0 Å². The van der Waals surface area contributed by atoms with Gasteiger partial charge in [-0.2, -0.15) is 0 Å². The van der Waals surface area contributed by atoms with Crippen LogP contribution in [0.1, 0.15) is 12.2 Å². The molecule has 4 N–H and O–H groups in total. The molecule has 1 rings (SSSR count). The van der Waals surface area contributed by atoms with Crippen LogP contribution in [-0.2, 0) is 11.2 Å². The van der Waals surface area contributed by atoms with Crippen molar-refractivity contribution in [3.05, 3.63) is 10.6 Å². The van der Waals surface area contributed by atoms with Crippen molar-refractivity contribution < 1.29 is 4.79 Å². The van der Waals surface area contributed by atoms with Crippen LogP contribution < -0.4 is 5.73 Å². The lowest BCUT2D eigenvalue weighted by atomic mass is 10.3. The van der Waals surface area contributed by atoms with Gasteiger partial charge in [0, 0.05) is 12.8 Å². The first-order valence-electron chi connectivity index (χ1n) is 3.10. The molecule has 1 heterocycles. The molecule has 11 heavy (non-hydrogen) atoms. The maximum Gasteiger partial charge on any atom is 0.217 e. The number of carbonyl (C=O) groups excluding carboxylic acids is 1. The van der Waals surface area contributed by atoms with E-state index in [1.165, 1.54) is 0 Å². The fourth-order valence-electron chi connectivity index (χ4n) is 0.664. The Morgan fingerprint density at radius 2 is 2.36 bits per heavy atom. The molecular formula is C5H8N4OS. The summed E-state index contributed by atoms with van der Waals surface area (Å²) in [6, 6.07) is 0. The first-order chi connectivity index (χ1) is 5.18. The Hall–Kier alpha value is -1.17. The van der Waals surface area contributed by atoms with Gasteiger partial charge in [-0.25, -0.2) is 4.98 Å². The molecule has 0 aromatic carbocycles. The lowest BCUT2D eigenvalue weighted by molar-refractivity contribution is -0.118. The number of nitrogens with zero attached hydrogens (tertiary/aromatic N) is 1. The van der Waals surface area contributed by atoms with Gasteiger partial charge in [0.05, 0.1) is 0 Å². The van der Waals surface area contributed by atoms with E-state index in [0.717, 1.165) is 0 Å². The molecule has 0 radical (unpaired) electrons. The monoisotopic (exact) mass is 172 g/mol. The molecule has 0 saturated heterocycles. The number of aryl methyl sites for hydroxylation is 1. The van der Waals surface area contributed by atoms with Gasteiger partial charge in [0.1, 0.15) is 5.82 Å². The highest BCUT2D eigenvalue weighted by molar-refractivity contribution is 7.71. The number of aromatic nitrogens is 3. The van der Waals surface area contributed by atoms with Crippen molar-refractivity contribution >= 4 is 18.1 Å². The SMILES string of the molecule is NC(=O)CCc1nc(=S)[nH][nH]1.